The van der Waals surface area contributed by atoms with E-state index in [0.717, 1.165) is 0 Å². The van der Waals surface area contributed by atoms with Crippen molar-refractivity contribution in [2.24, 2.45) is 0 Å². The summed E-state index contributed by atoms with van der Waals surface area (Å²) in [6.07, 6.45) is 2.57. The normalized spacial score (nSPS) is 21.3. The van der Waals surface area contributed by atoms with Crippen LogP contribution in [0.1, 0.15) is 40.5 Å². The quantitative estimate of drug-likeness (QED) is 0.505. The van der Waals surface area contributed by atoms with E-state index < -0.39 is 9.21 Å². The molecule has 0 spiro atoms. The Balaban J connectivity index is 0.000000561. The molecule has 0 saturated carbocycles. The molecule has 0 aromatic carbocycles. The first-order chi connectivity index (χ1) is 5.54. The maximum atomic E-state index is 4.18. The molecule has 1 aliphatic heterocycles. The summed E-state index contributed by atoms with van der Waals surface area (Å²) in [5.74, 6) is 9.58. The molecule has 0 bridgehead atoms. The molecule has 0 amide bonds. The highest BCUT2D eigenvalue weighted by molar-refractivity contribution is 8.30. The molecule has 0 nitrogen and oxygen atoms in total. The second-order valence-electron chi connectivity index (χ2n) is 3.19. The van der Waals surface area contributed by atoms with Gasteiger partial charge in [-0.05, 0) is 37.3 Å². The van der Waals surface area contributed by atoms with E-state index in [4.69, 9.17) is 0 Å². The number of rotatable bonds is 0. The van der Waals surface area contributed by atoms with Crippen LogP contribution in [0.2, 0.25) is 0 Å². The lowest BCUT2D eigenvalue weighted by molar-refractivity contribution is 0.897. The Bertz CT molecular complexity index is 253. The van der Waals surface area contributed by atoms with Crippen molar-refractivity contribution in [2.45, 2.75) is 40.5 Å². The summed E-state index contributed by atoms with van der Waals surface area (Å²) in [6, 6.07) is 0. The third-order valence-corrected chi connectivity index (χ3v) is 5.06. The summed E-state index contributed by atoms with van der Waals surface area (Å²) in [5.41, 5.74) is 1.53. The van der Waals surface area contributed by atoms with Crippen LogP contribution in [-0.4, -0.2) is 17.5 Å². The van der Waals surface area contributed by atoms with Gasteiger partial charge in [0.1, 0.15) is 0 Å². The fourth-order valence-electron chi connectivity index (χ4n) is 1.31. The standard InChI is InChI=1S/C9H16S.C2H6/c1-8-6-5-7-10(3,4)9(8)2;1-2/h3-7H2,1-2H3;1-2H3. The highest BCUT2D eigenvalue weighted by Crippen LogP contribution is 2.39. The van der Waals surface area contributed by atoms with Gasteiger partial charge in [-0.15, -0.1) is 0 Å². The van der Waals surface area contributed by atoms with Crippen molar-refractivity contribution in [3.05, 3.63) is 10.5 Å². The first kappa shape index (κ1) is 11.8. The van der Waals surface area contributed by atoms with Crippen LogP contribution in [0.15, 0.2) is 10.5 Å². The van der Waals surface area contributed by atoms with Crippen LogP contribution in [0.3, 0.4) is 0 Å². The molecule has 0 N–H and O–H groups in total. The maximum absolute atomic E-state index is 4.18. The van der Waals surface area contributed by atoms with E-state index in [2.05, 4.69) is 25.6 Å². The SMILES string of the molecule is C=S1(=C)CCCC(C)=C1C.CC. The molecule has 12 heavy (non-hydrogen) atoms. The van der Waals surface area contributed by atoms with Crippen molar-refractivity contribution in [3.63, 3.8) is 0 Å². The first-order valence-corrected chi connectivity index (χ1v) is 6.81. The van der Waals surface area contributed by atoms with Gasteiger partial charge in [0.2, 0.25) is 0 Å². The van der Waals surface area contributed by atoms with Crippen molar-refractivity contribution in [1.29, 1.82) is 0 Å². The molecule has 0 aromatic rings. The molecule has 1 aliphatic rings. The minimum Gasteiger partial charge on any atom is -0.191 e. The van der Waals surface area contributed by atoms with E-state index in [1.807, 2.05) is 13.8 Å². The highest BCUT2D eigenvalue weighted by atomic mass is 32.2. The Kier molecular flexibility index (Phi) is 4.69. The van der Waals surface area contributed by atoms with Crippen LogP contribution >= 0.6 is 9.21 Å². The fourth-order valence-corrected chi connectivity index (χ4v) is 3.16. The summed E-state index contributed by atoms with van der Waals surface area (Å²) in [5, 5.41) is 0. The van der Waals surface area contributed by atoms with Crippen molar-refractivity contribution in [3.8, 4) is 0 Å². The van der Waals surface area contributed by atoms with Crippen molar-refractivity contribution < 1.29 is 0 Å². The monoisotopic (exact) mass is 186 g/mol. The van der Waals surface area contributed by atoms with Gasteiger partial charge in [0.05, 0.1) is 0 Å². The second kappa shape index (κ2) is 4.76. The molecule has 0 radical (unpaired) electrons. The summed E-state index contributed by atoms with van der Waals surface area (Å²) in [7, 11) is -0.831. The first-order valence-electron chi connectivity index (χ1n) is 4.67. The second-order valence-corrected chi connectivity index (χ2v) is 6.30. The van der Waals surface area contributed by atoms with E-state index in [0.29, 0.717) is 0 Å². The predicted molar refractivity (Wildman–Crippen MR) is 65.7 cm³/mol. The van der Waals surface area contributed by atoms with Crippen LogP contribution in [0.5, 0.6) is 0 Å². The molecule has 0 unspecified atom stereocenters. The summed E-state index contributed by atoms with van der Waals surface area (Å²) in [6.45, 7) is 8.41. The Labute approximate surface area is 78.2 Å². The van der Waals surface area contributed by atoms with Crippen LogP contribution in [0, 0.1) is 0 Å². The van der Waals surface area contributed by atoms with Gasteiger partial charge in [-0.3, -0.25) is 0 Å². The Morgan fingerprint density at radius 1 is 1.17 bits per heavy atom. The van der Waals surface area contributed by atoms with Crippen molar-refractivity contribution in [1.82, 2.24) is 0 Å². The van der Waals surface area contributed by atoms with E-state index >= 15 is 0 Å². The molecular weight excluding hydrogens is 164 g/mol. The molecule has 1 heteroatoms. The predicted octanol–water partition coefficient (Wildman–Crippen LogP) is 3.77. The zero-order chi connectivity index (χ0) is 9.78. The average molecular weight is 186 g/mol. The molecular formula is C11H22S. The number of hydrogen-bond donors (Lipinski definition) is 0. The van der Waals surface area contributed by atoms with Crippen molar-refractivity contribution >= 4 is 20.9 Å². The maximum Gasteiger partial charge on any atom is -0.0129 e. The van der Waals surface area contributed by atoms with Gasteiger partial charge in [-0.2, -0.15) is 9.21 Å². The molecule has 72 valence electrons. The van der Waals surface area contributed by atoms with Crippen LogP contribution < -0.4 is 0 Å². The molecule has 0 atom stereocenters. The largest absolute Gasteiger partial charge is 0.191 e. The van der Waals surface area contributed by atoms with Crippen LogP contribution in [0.25, 0.3) is 0 Å². The Morgan fingerprint density at radius 2 is 1.67 bits per heavy atom. The van der Waals surface area contributed by atoms with Gasteiger partial charge >= 0.3 is 0 Å². The number of hydrogen-bond acceptors (Lipinski definition) is 0. The minimum absolute atomic E-state index is 0.831. The van der Waals surface area contributed by atoms with E-state index in [-0.39, 0.29) is 0 Å². The van der Waals surface area contributed by atoms with E-state index in [1.54, 1.807) is 0 Å². The van der Waals surface area contributed by atoms with Crippen molar-refractivity contribution in [2.75, 3.05) is 5.75 Å². The minimum atomic E-state index is -0.831. The average Bonchev–Trinajstić information content (AvgIpc) is 2.04. The molecule has 0 aliphatic carbocycles. The molecule has 1 heterocycles. The summed E-state index contributed by atoms with van der Waals surface area (Å²) >= 11 is 0. The van der Waals surface area contributed by atoms with Gasteiger partial charge in [0, 0.05) is 0 Å². The Morgan fingerprint density at radius 3 is 2.00 bits per heavy atom. The lowest BCUT2D eigenvalue weighted by Gasteiger charge is -2.23. The lowest BCUT2D eigenvalue weighted by Crippen LogP contribution is -1.99. The molecule has 0 aromatic heterocycles. The third kappa shape index (κ3) is 2.71. The fraction of sp³-hybridized carbons (Fsp3) is 0.636. The van der Waals surface area contributed by atoms with Crippen LogP contribution in [0.4, 0.5) is 0 Å². The lowest BCUT2D eigenvalue weighted by atomic mass is 10.2. The summed E-state index contributed by atoms with van der Waals surface area (Å²) in [4.78, 5) is 1.48. The van der Waals surface area contributed by atoms with E-state index in [1.165, 1.54) is 29.1 Å². The smallest absolute Gasteiger partial charge is 0.0129 e. The van der Waals surface area contributed by atoms with Gasteiger partial charge in [0.25, 0.3) is 0 Å². The van der Waals surface area contributed by atoms with Gasteiger partial charge in [-0.25, -0.2) is 0 Å². The number of allylic oxidation sites excluding steroid dienone is 2. The summed E-state index contributed by atoms with van der Waals surface area (Å²) < 4.78 is 0. The highest BCUT2D eigenvalue weighted by Gasteiger charge is 2.09. The Hall–Kier alpha value is -0.170. The molecule has 0 fully saturated rings. The zero-order valence-corrected chi connectivity index (χ0v) is 9.76. The van der Waals surface area contributed by atoms with Gasteiger partial charge in [-0.1, -0.05) is 31.2 Å². The zero-order valence-electron chi connectivity index (χ0n) is 8.94. The third-order valence-electron chi connectivity index (χ3n) is 2.34. The van der Waals surface area contributed by atoms with Crippen LogP contribution in [-0.2, 0) is 0 Å². The molecule has 0 saturated heterocycles. The van der Waals surface area contributed by atoms with E-state index in [9.17, 15) is 0 Å². The molecule has 1 rings (SSSR count). The van der Waals surface area contributed by atoms with Gasteiger partial charge < -0.3 is 0 Å². The van der Waals surface area contributed by atoms with Gasteiger partial charge in [0.15, 0.2) is 0 Å². The topological polar surface area (TPSA) is 0 Å².